The van der Waals surface area contributed by atoms with Gasteiger partial charge in [-0.15, -0.1) is 28.1 Å². The van der Waals surface area contributed by atoms with Crippen LogP contribution >= 0.6 is 23.1 Å². The predicted molar refractivity (Wildman–Crippen MR) is 123 cm³/mol. The van der Waals surface area contributed by atoms with Crippen molar-refractivity contribution in [3.8, 4) is 11.3 Å². The summed E-state index contributed by atoms with van der Waals surface area (Å²) >= 11 is 2.84. The fraction of sp³-hybridized carbons (Fsp3) is 0.364. The molecule has 0 radical (unpaired) electrons. The highest BCUT2D eigenvalue weighted by molar-refractivity contribution is 7.99. The molecule has 8 heteroatoms. The van der Waals surface area contributed by atoms with E-state index in [4.69, 9.17) is 0 Å². The van der Waals surface area contributed by atoms with Crippen molar-refractivity contribution in [1.82, 2.24) is 19.7 Å². The Morgan fingerprint density at radius 1 is 1.27 bits per heavy atom. The summed E-state index contributed by atoms with van der Waals surface area (Å²) in [6, 6.07) is 4.33. The quantitative estimate of drug-likeness (QED) is 0.389. The molecule has 156 valence electrons. The third-order valence-electron chi connectivity index (χ3n) is 5.20. The van der Waals surface area contributed by atoms with Gasteiger partial charge in [-0.05, 0) is 56.4 Å². The van der Waals surface area contributed by atoms with Gasteiger partial charge in [0.15, 0.2) is 10.3 Å². The van der Waals surface area contributed by atoms with Crippen molar-refractivity contribution < 1.29 is 4.79 Å². The van der Waals surface area contributed by atoms with Gasteiger partial charge in [0.1, 0.15) is 5.82 Å². The number of nitrogens with zero attached hydrogens (tertiary/aromatic N) is 4. The molecular weight excluding hydrogens is 414 g/mol. The van der Waals surface area contributed by atoms with Crippen molar-refractivity contribution in [2.45, 2.75) is 51.2 Å². The maximum Gasteiger partial charge on any atom is 0.236 e. The number of hydrogen-bond acceptors (Lipinski definition) is 6. The van der Waals surface area contributed by atoms with E-state index < -0.39 is 0 Å². The van der Waals surface area contributed by atoms with E-state index in [2.05, 4.69) is 64.5 Å². The van der Waals surface area contributed by atoms with Crippen molar-refractivity contribution in [3.05, 3.63) is 52.7 Å². The first-order chi connectivity index (χ1) is 14.5. The molecule has 2 heterocycles. The summed E-state index contributed by atoms with van der Waals surface area (Å²) in [6.45, 7) is 10.8. The number of anilines is 1. The molecule has 1 aliphatic carbocycles. The fourth-order valence-electron chi connectivity index (χ4n) is 3.33. The molecule has 1 N–H and O–H groups in total. The molecule has 1 amide bonds. The molecule has 0 aliphatic heterocycles. The number of amides is 1. The highest BCUT2D eigenvalue weighted by Crippen LogP contribution is 2.40. The Morgan fingerprint density at radius 2 is 2.03 bits per heavy atom. The van der Waals surface area contributed by atoms with Gasteiger partial charge in [0.05, 0.1) is 11.4 Å². The number of hydrogen-bond donors (Lipinski definition) is 1. The third kappa shape index (κ3) is 4.49. The number of nitrogens with one attached hydrogen (secondary N) is 1. The molecule has 4 rings (SSSR count). The molecule has 1 fully saturated rings. The monoisotopic (exact) mass is 439 g/mol. The van der Waals surface area contributed by atoms with Crippen LogP contribution in [0.15, 0.2) is 35.3 Å². The minimum atomic E-state index is -0.0983. The Balaban J connectivity index is 1.40. The normalized spacial score (nSPS) is 13.4. The summed E-state index contributed by atoms with van der Waals surface area (Å²) in [5.74, 6) is 1.67. The van der Waals surface area contributed by atoms with Crippen LogP contribution < -0.4 is 5.32 Å². The van der Waals surface area contributed by atoms with Crippen LogP contribution in [-0.2, 0) is 11.3 Å². The van der Waals surface area contributed by atoms with Crippen LogP contribution in [0.2, 0.25) is 0 Å². The second-order valence-electron chi connectivity index (χ2n) is 7.64. The standard InChI is InChI=1S/C22H25N5OS2/c1-5-8-27-20(16-6-7-16)25-26-22(27)30-12-19(28)24-21-23-18(11-29-21)17-10-14(3)13(2)9-15(17)4/h5,9-11,16H,1,6-8,12H2,2-4H3,(H,23,24,28). The van der Waals surface area contributed by atoms with E-state index in [1.165, 1.54) is 39.8 Å². The zero-order valence-electron chi connectivity index (χ0n) is 17.4. The van der Waals surface area contributed by atoms with Crippen LogP contribution in [0.5, 0.6) is 0 Å². The van der Waals surface area contributed by atoms with Crippen LogP contribution in [0, 0.1) is 20.8 Å². The van der Waals surface area contributed by atoms with Gasteiger partial charge in [-0.25, -0.2) is 4.98 Å². The molecule has 1 aliphatic rings. The lowest BCUT2D eigenvalue weighted by atomic mass is 9.99. The van der Waals surface area contributed by atoms with Gasteiger partial charge >= 0.3 is 0 Å². The van der Waals surface area contributed by atoms with E-state index in [9.17, 15) is 4.79 Å². The Bertz CT molecular complexity index is 1100. The van der Waals surface area contributed by atoms with Crippen LogP contribution in [0.25, 0.3) is 11.3 Å². The lowest BCUT2D eigenvalue weighted by molar-refractivity contribution is -0.113. The first-order valence-electron chi connectivity index (χ1n) is 9.96. The van der Waals surface area contributed by atoms with Gasteiger partial charge in [0, 0.05) is 23.4 Å². The molecule has 3 aromatic rings. The summed E-state index contributed by atoms with van der Waals surface area (Å²) in [4.78, 5) is 17.1. The highest BCUT2D eigenvalue weighted by Gasteiger charge is 2.30. The van der Waals surface area contributed by atoms with Crippen LogP contribution in [-0.4, -0.2) is 31.4 Å². The van der Waals surface area contributed by atoms with Gasteiger partial charge in [-0.3, -0.25) is 4.79 Å². The molecule has 0 bridgehead atoms. The number of carbonyl (C=O) groups excluding carboxylic acids is 1. The molecule has 2 aromatic heterocycles. The maximum atomic E-state index is 12.5. The summed E-state index contributed by atoms with van der Waals surface area (Å²) in [5.41, 5.74) is 5.69. The third-order valence-corrected chi connectivity index (χ3v) is 6.92. The number of aryl methyl sites for hydroxylation is 3. The van der Waals surface area contributed by atoms with Crippen LogP contribution in [0.3, 0.4) is 0 Å². The van der Waals surface area contributed by atoms with Crippen molar-refractivity contribution in [1.29, 1.82) is 0 Å². The first kappa shape index (κ1) is 20.8. The lowest BCUT2D eigenvalue weighted by Crippen LogP contribution is -2.14. The minimum absolute atomic E-state index is 0.0983. The molecule has 30 heavy (non-hydrogen) atoms. The second kappa shape index (κ2) is 8.73. The van der Waals surface area contributed by atoms with E-state index in [0.717, 1.165) is 35.1 Å². The van der Waals surface area contributed by atoms with Gasteiger partial charge in [-0.2, -0.15) is 0 Å². The predicted octanol–water partition coefficient (Wildman–Crippen LogP) is 5.12. The lowest BCUT2D eigenvalue weighted by Gasteiger charge is -2.08. The molecule has 0 spiro atoms. The molecule has 6 nitrogen and oxygen atoms in total. The Kier molecular flexibility index (Phi) is 6.06. The summed E-state index contributed by atoms with van der Waals surface area (Å²) in [7, 11) is 0. The van der Waals surface area contributed by atoms with E-state index in [1.807, 2.05) is 11.5 Å². The van der Waals surface area contributed by atoms with Crippen molar-refractivity contribution in [3.63, 3.8) is 0 Å². The zero-order valence-corrected chi connectivity index (χ0v) is 19.1. The van der Waals surface area contributed by atoms with Crippen LogP contribution in [0.1, 0.15) is 41.3 Å². The van der Waals surface area contributed by atoms with Gasteiger partial charge < -0.3 is 9.88 Å². The minimum Gasteiger partial charge on any atom is -0.302 e. The van der Waals surface area contributed by atoms with Gasteiger partial charge in [0.2, 0.25) is 5.91 Å². The van der Waals surface area contributed by atoms with E-state index >= 15 is 0 Å². The second-order valence-corrected chi connectivity index (χ2v) is 9.44. The Morgan fingerprint density at radius 3 is 2.77 bits per heavy atom. The number of aromatic nitrogens is 4. The number of rotatable bonds is 8. The maximum absolute atomic E-state index is 12.5. The van der Waals surface area contributed by atoms with Gasteiger partial charge in [0.25, 0.3) is 0 Å². The zero-order chi connectivity index (χ0) is 21.3. The topological polar surface area (TPSA) is 72.7 Å². The Hall–Kier alpha value is -2.45. The average molecular weight is 440 g/mol. The number of benzene rings is 1. The van der Waals surface area contributed by atoms with E-state index in [-0.39, 0.29) is 11.7 Å². The van der Waals surface area contributed by atoms with Crippen molar-refractivity contribution in [2.24, 2.45) is 0 Å². The largest absolute Gasteiger partial charge is 0.302 e. The number of allylic oxidation sites excluding steroid dienone is 1. The SMILES string of the molecule is C=CCn1c(SCC(=O)Nc2nc(-c3cc(C)c(C)cc3C)cs2)nnc1C1CC1. The number of carbonyl (C=O) groups is 1. The molecule has 1 aromatic carbocycles. The summed E-state index contributed by atoms with van der Waals surface area (Å²) in [5, 5.41) is 14.9. The molecule has 0 unspecified atom stereocenters. The molecule has 0 saturated heterocycles. The number of thioether (sulfide) groups is 1. The smallest absolute Gasteiger partial charge is 0.236 e. The van der Waals surface area contributed by atoms with E-state index in [0.29, 0.717) is 17.6 Å². The summed E-state index contributed by atoms with van der Waals surface area (Å²) in [6.07, 6.45) is 4.16. The van der Waals surface area contributed by atoms with Crippen LogP contribution in [0.4, 0.5) is 5.13 Å². The molecular formula is C22H25N5OS2. The molecule has 1 saturated carbocycles. The van der Waals surface area contributed by atoms with E-state index in [1.54, 1.807) is 0 Å². The first-order valence-corrected chi connectivity index (χ1v) is 11.8. The average Bonchev–Trinajstić information content (AvgIpc) is 3.32. The number of thiazole rings is 1. The van der Waals surface area contributed by atoms with Crippen molar-refractivity contribution in [2.75, 3.05) is 11.1 Å². The molecule has 0 atom stereocenters. The summed E-state index contributed by atoms with van der Waals surface area (Å²) < 4.78 is 2.06. The fourth-order valence-corrected chi connectivity index (χ4v) is 4.81. The van der Waals surface area contributed by atoms with Gasteiger partial charge in [-0.1, -0.05) is 23.9 Å². The Labute approximate surface area is 184 Å². The van der Waals surface area contributed by atoms with Crippen molar-refractivity contribution >= 4 is 34.1 Å². The highest BCUT2D eigenvalue weighted by atomic mass is 32.2.